The van der Waals surface area contributed by atoms with Gasteiger partial charge in [-0.25, -0.2) is 9.67 Å². The molecule has 28 heavy (non-hydrogen) atoms. The summed E-state index contributed by atoms with van der Waals surface area (Å²) in [6.45, 7) is 0.436. The largest absolute Gasteiger partial charge is 0.348 e. The van der Waals surface area contributed by atoms with Crippen LogP contribution in [0.3, 0.4) is 0 Å². The van der Waals surface area contributed by atoms with Gasteiger partial charge in [-0.3, -0.25) is 19.7 Å². The summed E-state index contributed by atoms with van der Waals surface area (Å²) in [7, 11) is 0. The lowest BCUT2D eigenvalue weighted by Gasteiger charge is -2.06. The molecule has 0 bridgehead atoms. The summed E-state index contributed by atoms with van der Waals surface area (Å²) in [6, 6.07) is 16.5. The zero-order chi connectivity index (χ0) is 19.3. The van der Waals surface area contributed by atoms with E-state index in [4.69, 9.17) is 0 Å². The second-order valence-electron chi connectivity index (χ2n) is 6.14. The molecule has 0 radical (unpaired) electrons. The first-order valence-electron chi connectivity index (χ1n) is 8.72. The minimum absolute atomic E-state index is 0.224. The molecular formula is C21H17N5O2. The predicted molar refractivity (Wildman–Crippen MR) is 105 cm³/mol. The molecule has 0 aliphatic rings. The third kappa shape index (κ3) is 3.59. The Morgan fingerprint density at radius 2 is 1.89 bits per heavy atom. The van der Waals surface area contributed by atoms with E-state index in [0.29, 0.717) is 23.5 Å². The maximum atomic E-state index is 12.6. The molecule has 3 heterocycles. The van der Waals surface area contributed by atoms with Gasteiger partial charge in [-0.05, 0) is 23.8 Å². The van der Waals surface area contributed by atoms with Crippen LogP contribution >= 0.6 is 0 Å². The zero-order valence-corrected chi connectivity index (χ0v) is 14.9. The quantitative estimate of drug-likeness (QED) is 0.564. The summed E-state index contributed by atoms with van der Waals surface area (Å²) in [6.07, 6.45) is 6.34. The minimum Gasteiger partial charge on any atom is -0.348 e. The van der Waals surface area contributed by atoms with Crippen molar-refractivity contribution in [1.82, 2.24) is 25.1 Å². The average molecular weight is 371 g/mol. The molecule has 4 rings (SSSR count). The number of carbonyl (C=O) groups excluding carboxylic acids is 1. The minimum atomic E-state index is -0.234. The molecule has 0 spiro atoms. The number of hydrogen-bond donors (Lipinski definition) is 2. The number of hydrogen-bond acceptors (Lipinski definition) is 4. The van der Waals surface area contributed by atoms with Crippen LogP contribution in [0, 0.1) is 0 Å². The van der Waals surface area contributed by atoms with Crippen LogP contribution in [0.15, 0.2) is 84.2 Å². The Morgan fingerprint density at radius 3 is 2.61 bits per heavy atom. The Hall–Kier alpha value is -4.00. The highest BCUT2D eigenvalue weighted by molar-refractivity contribution is 5.93. The monoisotopic (exact) mass is 371 g/mol. The number of aromatic amines is 1. The average Bonchev–Trinajstić information content (AvgIpc) is 3.15. The lowest BCUT2D eigenvalue weighted by molar-refractivity contribution is 0.0950. The van der Waals surface area contributed by atoms with E-state index in [-0.39, 0.29) is 11.5 Å². The predicted octanol–water partition coefficient (Wildman–Crippen LogP) is 2.55. The number of H-pyrrole nitrogens is 1. The van der Waals surface area contributed by atoms with Gasteiger partial charge < -0.3 is 5.32 Å². The van der Waals surface area contributed by atoms with Crippen LogP contribution in [0.25, 0.3) is 16.9 Å². The van der Waals surface area contributed by atoms with Crippen molar-refractivity contribution in [3.8, 4) is 16.9 Å². The first kappa shape index (κ1) is 17.4. The molecule has 1 aromatic carbocycles. The van der Waals surface area contributed by atoms with Crippen molar-refractivity contribution in [3.05, 3.63) is 101 Å². The van der Waals surface area contributed by atoms with Crippen LogP contribution in [-0.4, -0.2) is 25.7 Å². The van der Waals surface area contributed by atoms with Crippen molar-refractivity contribution in [2.24, 2.45) is 0 Å². The number of amides is 1. The second-order valence-corrected chi connectivity index (χ2v) is 6.14. The maximum absolute atomic E-state index is 12.6. The molecule has 0 saturated heterocycles. The van der Waals surface area contributed by atoms with Crippen molar-refractivity contribution >= 4 is 5.91 Å². The van der Waals surface area contributed by atoms with E-state index in [1.807, 2.05) is 36.4 Å². The highest BCUT2D eigenvalue weighted by Gasteiger charge is 2.12. The lowest BCUT2D eigenvalue weighted by atomic mass is 10.2. The molecule has 2 N–H and O–H groups in total. The molecule has 0 aliphatic carbocycles. The van der Waals surface area contributed by atoms with E-state index in [2.05, 4.69) is 20.4 Å². The van der Waals surface area contributed by atoms with Crippen LogP contribution < -0.4 is 10.9 Å². The molecule has 7 nitrogen and oxygen atoms in total. The Kier molecular flexibility index (Phi) is 4.79. The van der Waals surface area contributed by atoms with Gasteiger partial charge in [-0.15, -0.1) is 0 Å². The summed E-state index contributed by atoms with van der Waals surface area (Å²) in [5, 5.41) is 5.75. The third-order valence-corrected chi connectivity index (χ3v) is 4.28. The van der Waals surface area contributed by atoms with Gasteiger partial charge in [0.2, 0.25) is 0 Å². The van der Waals surface area contributed by atoms with Gasteiger partial charge >= 0.3 is 0 Å². The third-order valence-electron chi connectivity index (χ3n) is 4.28. The fourth-order valence-corrected chi connectivity index (χ4v) is 2.80. The van der Waals surface area contributed by atoms with Crippen molar-refractivity contribution < 1.29 is 4.79 Å². The van der Waals surface area contributed by atoms with Crippen molar-refractivity contribution in [3.63, 3.8) is 0 Å². The van der Waals surface area contributed by atoms with Crippen LogP contribution in [0.1, 0.15) is 15.9 Å². The highest BCUT2D eigenvalue weighted by Crippen LogP contribution is 2.13. The summed E-state index contributed by atoms with van der Waals surface area (Å²) < 4.78 is 1.33. The molecule has 0 unspecified atom stereocenters. The number of aromatic nitrogens is 4. The highest BCUT2D eigenvalue weighted by atomic mass is 16.1. The SMILES string of the molecule is O=C(NCc1ccccc1)c1ccc(-n2[nH]cc(-c3cccnc3)c2=O)nc1. The smallest absolute Gasteiger partial charge is 0.280 e. The van der Waals surface area contributed by atoms with Gasteiger partial charge in [0.05, 0.1) is 11.1 Å². The first-order chi connectivity index (χ1) is 13.7. The van der Waals surface area contributed by atoms with E-state index in [1.54, 1.807) is 36.8 Å². The Morgan fingerprint density at radius 1 is 1.04 bits per heavy atom. The van der Waals surface area contributed by atoms with Crippen molar-refractivity contribution in [2.45, 2.75) is 6.54 Å². The van der Waals surface area contributed by atoms with Gasteiger partial charge in [0.1, 0.15) is 0 Å². The lowest BCUT2D eigenvalue weighted by Crippen LogP contribution is -2.23. The van der Waals surface area contributed by atoms with Crippen LogP contribution in [0.5, 0.6) is 0 Å². The molecule has 1 amide bonds. The van der Waals surface area contributed by atoms with Gasteiger partial charge in [-0.2, -0.15) is 0 Å². The normalized spacial score (nSPS) is 10.6. The van der Waals surface area contributed by atoms with Crippen molar-refractivity contribution in [1.29, 1.82) is 0 Å². The number of nitrogens with zero attached hydrogens (tertiary/aromatic N) is 3. The van der Waals surface area contributed by atoms with E-state index < -0.39 is 0 Å². The Bertz CT molecular complexity index is 1130. The number of rotatable bonds is 5. The van der Waals surface area contributed by atoms with Crippen LogP contribution in [-0.2, 0) is 6.54 Å². The van der Waals surface area contributed by atoms with E-state index in [9.17, 15) is 9.59 Å². The topological polar surface area (TPSA) is 92.7 Å². The van der Waals surface area contributed by atoms with Crippen LogP contribution in [0.4, 0.5) is 0 Å². The Labute approximate surface area is 160 Å². The summed E-state index contributed by atoms with van der Waals surface area (Å²) in [5.41, 5.74) is 2.42. The van der Waals surface area contributed by atoms with Crippen LogP contribution in [0.2, 0.25) is 0 Å². The van der Waals surface area contributed by atoms with Gasteiger partial charge in [-0.1, -0.05) is 36.4 Å². The van der Waals surface area contributed by atoms with Gasteiger partial charge in [0.15, 0.2) is 5.82 Å². The molecular weight excluding hydrogens is 354 g/mol. The molecule has 3 aromatic heterocycles. The number of carbonyl (C=O) groups is 1. The zero-order valence-electron chi connectivity index (χ0n) is 14.9. The molecule has 0 fully saturated rings. The number of benzene rings is 1. The maximum Gasteiger partial charge on any atom is 0.280 e. The van der Waals surface area contributed by atoms with E-state index in [1.165, 1.54) is 10.9 Å². The van der Waals surface area contributed by atoms with Crippen molar-refractivity contribution in [2.75, 3.05) is 0 Å². The molecule has 4 aromatic rings. The summed E-state index contributed by atoms with van der Waals surface area (Å²) >= 11 is 0. The Balaban J connectivity index is 1.50. The number of pyridine rings is 2. The molecule has 0 aliphatic heterocycles. The molecule has 7 heteroatoms. The fraction of sp³-hybridized carbons (Fsp3) is 0.0476. The van der Waals surface area contributed by atoms with E-state index in [0.717, 1.165) is 11.1 Å². The molecule has 0 saturated carbocycles. The first-order valence-corrected chi connectivity index (χ1v) is 8.72. The van der Waals surface area contributed by atoms with Gasteiger partial charge in [0, 0.05) is 36.9 Å². The second kappa shape index (κ2) is 7.71. The number of nitrogens with one attached hydrogen (secondary N) is 2. The molecule has 0 atom stereocenters. The standard InChI is InChI=1S/C21H17N5O2/c27-20(24-11-15-5-2-1-3-6-15)17-8-9-19(23-13-17)26-21(28)18(14-25-26)16-7-4-10-22-12-16/h1-10,12-14,25H,11H2,(H,24,27). The van der Waals surface area contributed by atoms with Gasteiger partial charge in [0.25, 0.3) is 11.5 Å². The molecule has 138 valence electrons. The van der Waals surface area contributed by atoms with E-state index >= 15 is 0 Å². The summed E-state index contributed by atoms with van der Waals surface area (Å²) in [4.78, 5) is 33.2. The summed E-state index contributed by atoms with van der Waals surface area (Å²) in [5.74, 6) is 0.178. The fourth-order valence-electron chi connectivity index (χ4n) is 2.80.